The van der Waals surface area contributed by atoms with Gasteiger partial charge in [0, 0.05) is 11.3 Å². The number of anilines is 1. The van der Waals surface area contributed by atoms with Crippen molar-refractivity contribution in [1.82, 2.24) is 0 Å². The van der Waals surface area contributed by atoms with E-state index in [9.17, 15) is 19.8 Å². The SMILES string of the molecule is CCOc1cccc(/C(O)=C2/C(=O)C(=O)N(c3ccccc3C)C2c2ccc(O)cc2)c1. The molecule has 32 heavy (non-hydrogen) atoms. The Morgan fingerprint density at radius 1 is 1.00 bits per heavy atom. The third kappa shape index (κ3) is 3.71. The highest BCUT2D eigenvalue weighted by Gasteiger charge is 2.47. The fraction of sp³-hybridized carbons (Fsp3) is 0.154. The molecule has 0 aromatic heterocycles. The maximum Gasteiger partial charge on any atom is 0.300 e. The van der Waals surface area contributed by atoms with Gasteiger partial charge in [-0.15, -0.1) is 0 Å². The standard InChI is InChI=1S/C26H23NO5/c1-3-32-20-9-6-8-18(15-20)24(29)22-23(17-11-13-19(28)14-12-17)27(26(31)25(22)30)21-10-5-4-7-16(21)2/h4-15,23,28-29H,3H2,1-2H3/b24-22-. The topological polar surface area (TPSA) is 87.1 Å². The highest BCUT2D eigenvalue weighted by molar-refractivity contribution is 6.51. The van der Waals surface area contributed by atoms with Gasteiger partial charge < -0.3 is 14.9 Å². The zero-order chi connectivity index (χ0) is 22.8. The number of hydrogen-bond donors (Lipinski definition) is 2. The Labute approximate surface area is 186 Å². The smallest absolute Gasteiger partial charge is 0.300 e. The lowest BCUT2D eigenvalue weighted by atomic mass is 9.94. The monoisotopic (exact) mass is 429 g/mol. The van der Waals surface area contributed by atoms with Crippen LogP contribution in [-0.2, 0) is 9.59 Å². The van der Waals surface area contributed by atoms with Gasteiger partial charge in [0.1, 0.15) is 17.3 Å². The molecule has 0 aliphatic carbocycles. The van der Waals surface area contributed by atoms with Crippen LogP contribution in [0.4, 0.5) is 5.69 Å². The maximum absolute atomic E-state index is 13.2. The first-order valence-corrected chi connectivity index (χ1v) is 10.3. The second-order valence-corrected chi connectivity index (χ2v) is 7.51. The molecule has 1 atom stereocenters. The molecule has 1 fully saturated rings. The molecule has 1 unspecified atom stereocenters. The number of nitrogens with zero attached hydrogens (tertiary/aromatic N) is 1. The molecular weight excluding hydrogens is 406 g/mol. The van der Waals surface area contributed by atoms with E-state index in [0.29, 0.717) is 29.2 Å². The van der Waals surface area contributed by atoms with Crippen LogP contribution < -0.4 is 9.64 Å². The van der Waals surface area contributed by atoms with Gasteiger partial charge in [0.2, 0.25) is 0 Å². The number of hydrogen-bond acceptors (Lipinski definition) is 5. The fourth-order valence-electron chi connectivity index (χ4n) is 3.94. The second kappa shape index (κ2) is 8.59. The highest BCUT2D eigenvalue weighted by Crippen LogP contribution is 2.43. The number of para-hydroxylation sites is 1. The van der Waals surface area contributed by atoms with Crippen molar-refractivity contribution in [3.05, 3.63) is 95.1 Å². The van der Waals surface area contributed by atoms with Gasteiger partial charge in [-0.25, -0.2) is 0 Å². The van der Waals surface area contributed by atoms with Crippen molar-refractivity contribution < 1.29 is 24.5 Å². The Hall–Kier alpha value is -4.06. The number of Topliss-reactive ketones (excluding diaryl/α,β-unsaturated/α-hetero) is 1. The predicted octanol–water partition coefficient (Wildman–Crippen LogP) is 4.73. The number of phenols is 1. The Bertz CT molecular complexity index is 1210. The Kier molecular flexibility index (Phi) is 5.69. The van der Waals surface area contributed by atoms with Crippen molar-refractivity contribution in [2.75, 3.05) is 11.5 Å². The Balaban J connectivity index is 1.94. The summed E-state index contributed by atoms with van der Waals surface area (Å²) in [5, 5.41) is 20.9. The minimum atomic E-state index is -0.854. The number of aryl methyl sites for hydroxylation is 1. The summed E-state index contributed by atoms with van der Waals surface area (Å²) in [4.78, 5) is 27.8. The van der Waals surface area contributed by atoms with Crippen LogP contribution in [0.1, 0.15) is 29.7 Å². The van der Waals surface area contributed by atoms with Crippen LogP contribution in [0.15, 0.2) is 78.4 Å². The summed E-state index contributed by atoms with van der Waals surface area (Å²) in [5.41, 5.74) is 2.35. The van der Waals surface area contributed by atoms with Crippen molar-refractivity contribution in [3.8, 4) is 11.5 Å². The molecule has 1 aliphatic heterocycles. The molecule has 0 spiro atoms. The van der Waals surface area contributed by atoms with Crippen molar-refractivity contribution in [2.45, 2.75) is 19.9 Å². The lowest BCUT2D eigenvalue weighted by Gasteiger charge is -2.26. The van der Waals surface area contributed by atoms with Crippen LogP contribution in [0.3, 0.4) is 0 Å². The summed E-state index contributed by atoms with van der Waals surface area (Å²) < 4.78 is 5.51. The minimum Gasteiger partial charge on any atom is -0.508 e. The van der Waals surface area contributed by atoms with Crippen LogP contribution in [0, 0.1) is 6.92 Å². The number of amides is 1. The quantitative estimate of drug-likeness (QED) is 0.348. The van der Waals surface area contributed by atoms with Gasteiger partial charge in [0.05, 0.1) is 18.2 Å². The summed E-state index contributed by atoms with van der Waals surface area (Å²) in [5.74, 6) is -1.17. The Morgan fingerprint density at radius 2 is 1.72 bits per heavy atom. The molecule has 3 aromatic carbocycles. The summed E-state index contributed by atoms with van der Waals surface area (Å²) in [7, 11) is 0. The van der Waals surface area contributed by atoms with E-state index >= 15 is 0 Å². The van der Waals surface area contributed by atoms with E-state index in [2.05, 4.69) is 0 Å². The summed E-state index contributed by atoms with van der Waals surface area (Å²) >= 11 is 0. The number of benzene rings is 3. The lowest BCUT2D eigenvalue weighted by Crippen LogP contribution is -2.30. The number of ether oxygens (including phenoxy) is 1. The van der Waals surface area contributed by atoms with E-state index in [0.717, 1.165) is 5.56 Å². The van der Waals surface area contributed by atoms with Gasteiger partial charge in [0.25, 0.3) is 11.7 Å². The van der Waals surface area contributed by atoms with Crippen LogP contribution in [-0.4, -0.2) is 28.5 Å². The van der Waals surface area contributed by atoms with E-state index in [1.54, 1.807) is 48.5 Å². The molecule has 162 valence electrons. The van der Waals surface area contributed by atoms with Crippen LogP contribution >= 0.6 is 0 Å². The fourth-order valence-corrected chi connectivity index (χ4v) is 3.94. The number of rotatable bonds is 5. The molecule has 1 heterocycles. The summed E-state index contributed by atoms with van der Waals surface area (Å²) in [6.07, 6.45) is 0. The molecule has 3 aromatic rings. The molecule has 6 heteroatoms. The lowest BCUT2D eigenvalue weighted by molar-refractivity contribution is -0.132. The van der Waals surface area contributed by atoms with Crippen molar-refractivity contribution >= 4 is 23.1 Å². The van der Waals surface area contributed by atoms with E-state index in [1.807, 2.05) is 26.0 Å². The third-order valence-electron chi connectivity index (χ3n) is 5.45. The van der Waals surface area contributed by atoms with Crippen molar-refractivity contribution in [2.24, 2.45) is 0 Å². The molecule has 0 radical (unpaired) electrons. The highest BCUT2D eigenvalue weighted by atomic mass is 16.5. The molecular formula is C26H23NO5. The normalized spacial score (nSPS) is 17.6. The van der Waals surface area contributed by atoms with Crippen LogP contribution in [0.2, 0.25) is 0 Å². The van der Waals surface area contributed by atoms with Gasteiger partial charge in [-0.1, -0.05) is 42.5 Å². The number of carbonyl (C=O) groups excluding carboxylic acids is 2. The zero-order valence-corrected chi connectivity index (χ0v) is 17.8. The minimum absolute atomic E-state index is 0.0161. The first-order valence-electron chi connectivity index (χ1n) is 10.3. The first kappa shape index (κ1) is 21.2. The van der Waals surface area contributed by atoms with E-state index in [4.69, 9.17) is 4.74 Å². The predicted molar refractivity (Wildman–Crippen MR) is 122 cm³/mol. The van der Waals surface area contributed by atoms with Crippen LogP contribution in [0.5, 0.6) is 11.5 Å². The molecule has 2 N–H and O–H groups in total. The molecule has 0 saturated carbocycles. The molecule has 1 saturated heterocycles. The van der Waals surface area contributed by atoms with E-state index in [-0.39, 0.29) is 17.1 Å². The molecule has 1 aliphatic rings. The number of aliphatic hydroxyl groups excluding tert-OH is 1. The average Bonchev–Trinajstić information content (AvgIpc) is 3.05. The van der Waals surface area contributed by atoms with Crippen molar-refractivity contribution in [1.29, 1.82) is 0 Å². The largest absolute Gasteiger partial charge is 0.508 e. The number of phenolic OH excluding ortho intramolecular Hbond substituents is 1. The molecule has 4 rings (SSSR count). The number of aliphatic hydroxyl groups is 1. The van der Waals surface area contributed by atoms with Crippen LogP contribution in [0.25, 0.3) is 5.76 Å². The zero-order valence-electron chi connectivity index (χ0n) is 17.8. The van der Waals surface area contributed by atoms with Gasteiger partial charge in [-0.3, -0.25) is 14.5 Å². The third-order valence-corrected chi connectivity index (χ3v) is 5.45. The van der Waals surface area contributed by atoms with Gasteiger partial charge >= 0.3 is 0 Å². The second-order valence-electron chi connectivity index (χ2n) is 7.51. The number of aromatic hydroxyl groups is 1. The van der Waals surface area contributed by atoms with Gasteiger partial charge in [-0.2, -0.15) is 0 Å². The number of carbonyl (C=O) groups is 2. The maximum atomic E-state index is 13.2. The van der Waals surface area contributed by atoms with E-state index in [1.165, 1.54) is 17.0 Å². The Morgan fingerprint density at radius 3 is 2.41 bits per heavy atom. The molecule has 1 amide bonds. The average molecular weight is 429 g/mol. The summed E-state index contributed by atoms with van der Waals surface area (Å²) in [6.45, 7) is 4.16. The first-order chi connectivity index (χ1) is 15.4. The van der Waals surface area contributed by atoms with Crippen molar-refractivity contribution in [3.63, 3.8) is 0 Å². The van der Waals surface area contributed by atoms with Gasteiger partial charge in [-0.05, 0) is 55.3 Å². The molecule has 6 nitrogen and oxygen atoms in total. The van der Waals surface area contributed by atoms with Gasteiger partial charge in [0.15, 0.2) is 0 Å². The summed E-state index contributed by atoms with van der Waals surface area (Å²) in [6, 6.07) is 19.4. The molecule has 0 bridgehead atoms. The number of ketones is 1. The van der Waals surface area contributed by atoms with E-state index < -0.39 is 17.7 Å².